The van der Waals surface area contributed by atoms with Crippen LogP contribution in [0.15, 0.2) is 50.4 Å². The Morgan fingerprint density at radius 2 is 0.734 bits per heavy atom. The van der Waals surface area contributed by atoms with Crippen LogP contribution in [-0.2, 0) is 64.0 Å². The topological polar surface area (TPSA) is 689 Å². The number of aromatic amines is 1. The van der Waals surface area contributed by atoms with Crippen molar-refractivity contribution < 1.29 is 57.5 Å². The molecule has 612 valence electrons. The number of carbonyl (C=O) groups excluding carboxylic acids is 12. The largest absolute Gasteiger partial charge is 0.370 e. The molecule has 0 spiro atoms. The summed E-state index contributed by atoms with van der Waals surface area (Å²) < 4.78 is 0. The normalized spacial score (nSPS) is 15.1. The molecular weight excluding hydrogens is 1410 g/mol. The van der Waals surface area contributed by atoms with E-state index in [9.17, 15) is 57.5 Å². The van der Waals surface area contributed by atoms with Crippen LogP contribution in [0.25, 0.3) is 10.9 Å². The number of rotatable bonds is 51. The first kappa shape index (κ1) is 94.5. The minimum absolute atomic E-state index is 0.00420. The molecule has 0 aliphatic heterocycles. The molecule has 39 heteroatoms. The van der Waals surface area contributed by atoms with Crippen LogP contribution in [0.2, 0.25) is 0 Å². The van der Waals surface area contributed by atoms with Gasteiger partial charge in [-0.15, -0.1) is 0 Å². The summed E-state index contributed by atoms with van der Waals surface area (Å²) in [5, 5.41) is 30.6. The number of fused-ring (bicyclic) bond motifs is 1. The van der Waals surface area contributed by atoms with Crippen LogP contribution in [0.4, 0.5) is 0 Å². The molecule has 0 aliphatic carbocycles. The van der Waals surface area contributed by atoms with Crippen molar-refractivity contribution in [2.75, 3.05) is 32.7 Å². The number of guanidine groups is 4. The second-order valence-corrected chi connectivity index (χ2v) is 28.4. The Balaban J connectivity index is 2.52. The standard InChI is InChI=1S/C70H125N27O12/c1-12-38(9)53(65(108)93-50(33-41-34-86-44-21-15-14-20-42(41)44)61(104)90-47(24-18-30-84-69(78)79)58(101)88-45(55(73)98)22-16-28-82-67(74)75)96-60(103)48(25-19-31-85-70(80)81)91-64(107)52(37(7)8)94-56(99)40(11)87-63(106)51(36(5)6)95-66(109)54(39(10)13-2)97-62(105)49(32-35(3)4)92-59(102)46(23-17-29-83-68(76)77)89-57(100)43(72)26-27-71/h14-15,20-21,34-40,43,45-54,86H,12-13,16-19,22-33,71-72H2,1-11H3,(H2,73,98)(H,87,106)(H,88,101)(H,89,100)(H,90,104)(H,91,107)(H,92,102)(H,93,108)(H,94,99)(H,95,109)(H,96,103)(H,97,105)(H4,74,75,82)(H4,76,77,83)(H4,78,79,84)(H4,80,81,85)/t38-,39-,40-,43-,45-,46-,47-,48-,49-,50-,51-,52-,53-,54-/m0/s1. The number of benzene rings is 1. The van der Waals surface area contributed by atoms with Crippen molar-refractivity contribution >= 4 is 106 Å². The number of amides is 12. The van der Waals surface area contributed by atoms with Crippen LogP contribution in [0.1, 0.15) is 159 Å². The molecule has 2 rings (SSSR count). The average Bonchev–Trinajstić information content (AvgIpc) is 1.67. The summed E-state index contributed by atoms with van der Waals surface area (Å²) in [4.78, 5) is 189. The van der Waals surface area contributed by atoms with Crippen molar-refractivity contribution in [3.8, 4) is 0 Å². The van der Waals surface area contributed by atoms with Crippen molar-refractivity contribution in [2.45, 2.75) is 232 Å². The highest BCUT2D eigenvalue weighted by molar-refractivity contribution is 6.00. The van der Waals surface area contributed by atoms with E-state index >= 15 is 0 Å². The van der Waals surface area contributed by atoms with Gasteiger partial charge in [0.2, 0.25) is 70.9 Å². The molecule has 109 heavy (non-hydrogen) atoms. The third-order valence-corrected chi connectivity index (χ3v) is 18.1. The summed E-state index contributed by atoms with van der Waals surface area (Å²) in [6.45, 7) is 18.9. The lowest BCUT2D eigenvalue weighted by Crippen LogP contribution is -2.62. The first-order valence-corrected chi connectivity index (χ1v) is 37.1. The summed E-state index contributed by atoms with van der Waals surface area (Å²) >= 11 is 0. The van der Waals surface area contributed by atoms with Crippen molar-refractivity contribution in [3.05, 3.63) is 36.0 Å². The van der Waals surface area contributed by atoms with Crippen LogP contribution < -0.4 is 122 Å². The van der Waals surface area contributed by atoms with Gasteiger partial charge in [-0.05, 0) is 119 Å². The minimum atomic E-state index is -1.45. The van der Waals surface area contributed by atoms with Gasteiger partial charge in [-0.25, -0.2) is 0 Å². The van der Waals surface area contributed by atoms with Gasteiger partial charge in [0.15, 0.2) is 23.8 Å². The van der Waals surface area contributed by atoms with E-state index in [4.69, 9.17) is 63.1 Å². The van der Waals surface area contributed by atoms with Gasteiger partial charge in [-0.1, -0.05) is 100 Å². The van der Waals surface area contributed by atoms with Gasteiger partial charge in [0.25, 0.3) is 0 Å². The van der Waals surface area contributed by atoms with E-state index in [0.29, 0.717) is 29.3 Å². The highest BCUT2D eigenvalue weighted by Crippen LogP contribution is 2.21. The molecule has 1 heterocycles. The van der Waals surface area contributed by atoms with Crippen LogP contribution >= 0.6 is 0 Å². The zero-order valence-electron chi connectivity index (χ0n) is 65.0. The number of aliphatic imine (C=N–C) groups is 4. The van der Waals surface area contributed by atoms with Crippen LogP contribution in [0.5, 0.6) is 0 Å². The molecule has 0 radical (unpaired) electrons. The number of hydrogen-bond donors (Lipinski definition) is 23. The Hall–Kier alpha value is -10.6. The second kappa shape index (κ2) is 48.7. The van der Waals surface area contributed by atoms with E-state index < -0.39 is 167 Å². The summed E-state index contributed by atoms with van der Waals surface area (Å²) in [6, 6.07) is -8.31. The lowest BCUT2D eigenvalue weighted by atomic mass is 9.95. The van der Waals surface area contributed by atoms with Crippen molar-refractivity contribution in [1.29, 1.82) is 0 Å². The smallest absolute Gasteiger partial charge is 0.243 e. The molecular formula is C70H125N27O12. The van der Waals surface area contributed by atoms with Crippen LogP contribution in [-0.4, -0.2) is 205 Å². The van der Waals surface area contributed by atoms with Crippen molar-refractivity contribution in [2.24, 2.45) is 113 Å². The predicted molar refractivity (Wildman–Crippen MR) is 417 cm³/mol. The molecule has 0 saturated heterocycles. The molecule has 14 atom stereocenters. The van der Waals surface area contributed by atoms with Gasteiger partial charge in [-0.2, -0.15) is 0 Å². The molecule has 2 aromatic rings. The number of aromatic nitrogens is 1. The first-order valence-electron chi connectivity index (χ1n) is 37.1. The molecule has 0 fully saturated rings. The molecule has 39 nitrogen and oxygen atoms in total. The Morgan fingerprint density at radius 1 is 0.394 bits per heavy atom. The number of nitrogens with one attached hydrogen (secondary N) is 12. The number of H-pyrrole nitrogens is 1. The molecule has 1 aromatic heterocycles. The lowest BCUT2D eigenvalue weighted by molar-refractivity contribution is -0.137. The molecule has 34 N–H and O–H groups in total. The van der Waals surface area contributed by atoms with Gasteiger partial charge in [0.1, 0.15) is 66.5 Å². The summed E-state index contributed by atoms with van der Waals surface area (Å²) in [6.07, 6.45) is 3.10. The van der Waals surface area contributed by atoms with Crippen molar-refractivity contribution in [3.63, 3.8) is 0 Å². The Bertz CT molecular complexity index is 3440. The zero-order chi connectivity index (χ0) is 82.4. The molecule has 0 unspecified atom stereocenters. The quantitative estimate of drug-likeness (QED) is 0.0167. The fourth-order valence-electron chi connectivity index (χ4n) is 11.3. The minimum Gasteiger partial charge on any atom is -0.370 e. The maximum Gasteiger partial charge on any atom is 0.243 e. The maximum atomic E-state index is 14.9. The van der Waals surface area contributed by atoms with E-state index in [1.165, 1.54) is 6.92 Å². The number of carbonyl (C=O) groups is 12. The third-order valence-electron chi connectivity index (χ3n) is 18.1. The van der Waals surface area contributed by atoms with Crippen LogP contribution in [0.3, 0.4) is 0 Å². The highest BCUT2D eigenvalue weighted by atomic mass is 16.2. The SMILES string of the molecule is CC[C@H](C)[C@H](NC(=O)[C@H](CCCN=C(N)N)NC(=O)[C@@H](NC(=O)[C@H](C)NC(=O)[C@@H](NC(=O)[C@@H](NC(=O)[C@H](CC(C)C)NC(=O)[C@H](CCCN=C(N)N)NC(=O)[C@@H](N)CCN)[C@@H](C)CC)C(C)C)C(C)C)C(=O)N[C@@H](Cc1c[nH]c2ccccc12)C(=O)N[C@@H](CCCN=C(N)N)C(=O)N[C@@H](CCCN=C(N)N)C(N)=O. The number of primary amides is 1. The van der Waals surface area contributed by atoms with E-state index in [1.807, 2.05) is 26.0 Å². The average molecular weight is 1540 g/mol. The van der Waals surface area contributed by atoms with Gasteiger partial charge >= 0.3 is 0 Å². The van der Waals surface area contributed by atoms with Gasteiger partial charge < -0.3 is 127 Å². The number of nitrogens with zero attached hydrogens (tertiary/aromatic N) is 4. The molecule has 12 amide bonds. The predicted octanol–water partition coefficient (Wildman–Crippen LogP) is -5.11. The number of hydrogen-bond acceptors (Lipinski definition) is 18. The van der Waals surface area contributed by atoms with E-state index in [1.54, 1.807) is 73.7 Å². The summed E-state index contributed by atoms with van der Waals surface area (Å²) in [5.41, 5.74) is 62.9. The Kier molecular flexibility index (Phi) is 42.2. The molecule has 0 bridgehead atoms. The highest BCUT2D eigenvalue weighted by Gasteiger charge is 2.39. The van der Waals surface area contributed by atoms with Gasteiger partial charge in [-0.3, -0.25) is 77.5 Å². The molecule has 0 aliphatic rings. The Labute approximate surface area is 637 Å². The second-order valence-electron chi connectivity index (χ2n) is 28.4. The fraction of sp³-hybridized carbons (Fsp3) is 0.657. The monoisotopic (exact) mass is 1540 g/mol. The number of para-hydroxylation sites is 1. The lowest BCUT2D eigenvalue weighted by Gasteiger charge is -2.31. The summed E-state index contributed by atoms with van der Waals surface area (Å²) in [7, 11) is 0. The summed E-state index contributed by atoms with van der Waals surface area (Å²) in [5.74, 6) is -13.0. The first-order chi connectivity index (χ1) is 51.3. The van der Waals surface area contributed by atoms with Crippen LogP contribution in [0, 0.1) is 29.6 Å². The van der Waals surface area contributed by atoms with E-state index in [2.05, 4.69) is 83.4 Å². The zero-order valence-corrected chi connectivity index (χ0v) is 65.0. The van der Waals surface area contributed by atoms with Crippen molar-refractivity contribution in [1.82, 2.24) is 63.5 Å². The molecule has 1 aromatic carbocycles. The van der Waals surface area contributed by atoms with E-state index in [0.717, 1.165) is 0 Å². The van der Waals surface area contributed by atoms with Gasteiger partial charge in [0.05, 0.1) is 6.04 Å². The van der Waals surface area contributed by atoms with Gasteiger partial charge in [0, 0.05) is 49.7 Å². The third kappa shape index (κ3) is 34.5. The maximum absolute atomic E-state index is 14.9. The Morgan fingerprint density at radius 3 is 1.16 bits per heavy atom. The molecule has 0 saturated carbocycles. The fourth-order valence-corrected chi connectivity index (χ4v) is 11.3. The van der Waals surface area contributed by atoms with E-state index in [-0.39, 0.29) is 133 Å². The number of nitrogens with two attached hydrogens (primary N) is 11.